The molecule has 4 rings (SSSR count). The molecule has 3 heterocycles. The van der Waals surface area contributed by atoms with Crippen LogP contribution in [0.4, 0.5) is 5.69 Å². The maximum Gasteiger partial charge on any atom is 0.261 e. The molecule has 7 nitrogen and oxygen atoms in total. The molecule has 1 aliphatic heterocycles. The van der Waals surface area contributed by atoms with E-state index in [1.54, 1.807) is 18.2 Å². The smallest absolute Gasteiger partial charge is 0.261 e. The molecular formula is C19H20N5O2+. The Morgan fingerprint density at radius 2 is 1.77 bits per heavy atom. The first-order chi connectivity index (χ1) is 12.7. The average Bonchev–Trinajstić information content (AvgIpc) is 2.71. The fourth-order valence-electron chi connectivity index (χ4n) is 3.27. The Bertz CT molecular complexity index is 978. The second-order valence-corrected chi connectivity index (χ2v) is 6.32. The Kier molecular flexibility index (Phi) is 4.35. The Hall–Kier alpha value is -3.22. The number of hydrogen-bond acceptors (Lipinski definition) is 4. The second kappa shape index (κ2) is 6.95. The van der Waals surface area contributed by atoms with Crippen LogP contribution in [-0.2, 0) is 11.3 Å². The maximum atomic E-state index is 12.6. The van der Waals surface area contributed by atoms with Gasteiger partial charge in [-0.2, -0.15) is 0 Å². The van der Waals surface area contributed by atoms with Gasteiger partial charge in [-0.05, 0) is 12.1 Å². The zero-order chi connectivity index (χ0) is 17.9. The molecule has 0 atom stereocenters. The van der Waals surface area contributed by atoms with Crippen LogP contribution < -0.4 is 15.4 Å². The van der Waals surface area contributed by atoms with E-state index in [2.05, 4.69) is 14.9 Å². The van der Waals surface area contributed by atoms with Crippen LogP contribution in [0.25, 0.3) is 10.9 Å². The minimum Gasteiger partial charge on any atom is -0.368 e. The highest BCUT2D eigenvalue weighted by Gasteiger charge is 2.22. The van der Waals surface area contributed by atoms with Gasteiger partial charge in [0.25, 0.3) is 5.56 Å². The standard InChI is InChI=1S/C19H19N5O2/c25-18(13-24-14-21-17-4-2-1-3-16(17)19(24)26)23-11-9-22(10-12-23)15-5-7-20-8-6-15/h1-8,14H,9-13H2/p+1. The summed E-state index contributed by atoms with van der Waals surface area (Å²) in [6.45, 7) is 2.87. The van der Waals surface area contributed by atoms with Gasteiger partial charge in [0.2, 0.25) is 5.91 Å². The third kappa shape index (κ3) is 3.15. The van der Waals surface area contributed by atoms with Crippen LogP contribution in [0.1, 0.15) is 0 Å². The number of benzene rings is 1. The number of fused-ring (bicyclic) bond motifs is 1. The Balaban J connectivity index is 1.43. The molecule has 0 unspecified atom stereocenters. The Morgan fingerprint density at radius 1 is 1.04 bits per heavy atom. The van der Waals surface area contributed by atoms with Gasteiger partial charge in [0, 0.05) is 44.0 Å². The number of anilines is 1. The van der Waals surface area contributed by atoms with Gasteiger partial charge < -0.3 is 9.80 Å². The van der Waals surface area contributed by atoms with Crippen molar-refractivity contribution in [2.24, 2.45) is 0 Å². The lowest BCUT2D eigenvalue weighted by Crippen LogP contribution is -2.50. The molecule has 3 aromatic rings. The summed E-state index contributed by atoms with van der Waals surface area (Å²) in [6, 6.07) is 11.2. The summed E-state index contributed by atoms with van der Waals surface area (Å²) < 4.78 is 1.39. The number of nitrogens with one attached hydrogen (secondary N) is 1. The molecule has 1 saturated heterocycles. The molecule has 1 aliphatic rings. The lowest BCUT2D eigenvalue weighted by Gasteiger charge is -2.35. The van der Waals surface area contributed by atoms with Crippen LogP contribution in [-0.4, -0.2) is 46.5 Å². The van der Waals surface area contributed by atoms with E-state index in [0.29, 0.717) is 24.0 Å². The molecule has 1 N–H and O–H groups in total. The molecule has 1 amide bonds. The molecule has 7 heteroatoms. The minimum atomic E-state index is -0.178. The number of hydrogen-bond donors (Lipinski definition) is 0. The van der Waals surface area contributed by atoms with Crippen LogP contribution in [0.3, 0.4) is 0 Å². The SMILES string of the molecule is O=C(Cn1cnc2ccccc2c1=O)N1CCN(c2cc[nH+]cc2)CC1. The summed E-state index contributed by atoms with van der Waals surface area (Å²) in [5, 5.41) is 0.536. The number of aromatic nitrogens is 3. The first-order valence-corrected chi connectivity index (χ1v) is 8.65. The highest BCUT2D eigenvalue weighted by molar-refractivity contribution is 5.79. The number of nitrogens with zero attached hydrogens (tertiary/aromatic N) is 4. The number of aromatic amines is 1. The summed E-state index contributed by atoms with van der Waals surface area (Å²) >= 11 is 0. The first-order valence-electron chi connectivity index (χ1n) is 8.65. The summed E-state index contributed by atoms with van der Waals surface area (Å²) in [4.78, 5) is 36.5. The van der Waals surface area contributed by atoms with Gasteiger partial charge in [-0.15, -0.1) is 0 Å². The van der Waals surface area contributed by atoms with Crippen LogP contribution >= 0.6 is 0 Å². The van der Waals surface area contributed by atoms with Crippen molar-refractivity contribution in [3.05, 3.63) is 65.5 Å². The summed E-state index contributed by atoms with van der Waals surface area (Å²) in [5.74, 6) is -0.0507. The highest BCUT2D eigenvalue weighted by atomic mass is 16.2. The molecule has 2 aromatic heterocycles. The molecule has 0 aliphatic carbocycles. The number of rotatable bonds is 3. The van der Waals surface area contributed by atoms with Crippen molar-refractivity contribution in [1.29, 1.82) is 0 Å². The fraction of sp³-hybridized carbons (Fsp3) is 0.263. The van der Waals surface area contributed by atoms with Crippen molar-refractivity contribution >= 4 is 22.5 Å². The zero-order valence-corrected chi connectivity index (χ0v) is 14.3. The minimum absolute atomic E-state index is 0.0248. The Morgan fingerprint density at radius 3 is 2.54 bits per heavy atom. The number of amides is 1. The van der Waals surface area contributed by atoms with Crippen molar-refractivity contribution in [3.8, 4) is 0 Å². The van der Waals surface area contributed by atoms with Gasteiger partial charge in [-0.1, -0.05) is 12.1 Å². The van der Waals surface area contributed by atoms with E-state index in [1.165, 1.54) is 10.9 Å². The van der Waals surface area contributed by atoms with Crippen molar-refractivity contribution in [1.82, 2.24) is 14.5 Å². The number of pyridine rings is 1. The van der Waals surface area contributed by atoms with Crippen LogP contribution in [0, 0.1) is 0 Å². The molecule has 0 spiro atoms. The van der Waals surface area contributed by atoms with Gasteiger partial charge in [0.15, 0.2) is 12.4 Å². The van der Waals surface area contributed by atoms with Gasteiger partial charge in [0.05, 0.1) is 17.2 Å². The normalized spacial score (nSPS) is 14.6. The van der Waals surface area contributed by atoms with Gasteiger partial charge >= 0.3 is 0 Å². The second-order valence-electron chi connectivity index (χ2n) is 6.32. The molecule has 1 aromatic carbocycles. The van der Waals surface area contributed by atoms with Gasteiger partial charge in [0.1, 0.15) is 6.54 Å². The average molecular weight is 350 g/mol. The van der Waals surface area contributed by atoms with Gasteiger partial charge in [-0.3, -0.25) is 14.2 Å². The molecule has 0 radical (unpaired) electrons. The quantitative estimate of drug-likeness (QED) is 0.692. The lowest BCUT2D eigenvalue weighted by atomic mass is 10.2. The van der Waals surface area contributed by atoms with E-state index in [4.69, 9.17) is 0 Å². The van der Waals surface area contributed by atoms with E-state index >= 15 is 0 Å². The third-order valence-corrected chi connectivity index (χ3v) is 4.74. The molecule has 132 valence electrons. The van der Waals surface area contributed by atoms with E-state index in [9.17, 15) is 9.59 Å². The van der Waals surface area contributed by atoms with Crippen LogP contribution in [0.5, 0.6) is 0 Å². The number of carbonyl (C=O) groups excluding carboxylic acids is 1. The largest absolute Gasteiger partial charge is 0.368 e. The zero-order valence-electron chi connectivity index (χ0n) is 14.3. The van der Waals surface area contributed by atoms with Crippen LogP contribution in [0.15, 0.2) is 59.9 Å². The summed E-state index contributed by atoms with van der Waals surface area (Å²) in [5.41, 5.74) is 1.61. The van der Waals surface area contributed by atoms with Crippen LogP contribution in [0.2, 0.25) is 0 Å². The van der Waals surface area contributed by atoms with E-state index in [0.717, 1.165) is 18.8 Å². The number of para-hydroxylation sites is 1. The molecule has 1 fully saturated rings. The summed E-state index contributed by atoms with van der Waals surface area (Å²) in [6.07, 6.45) is 5.25. The third-order valence-electron chi connectivity index (χ3n) is 4.74. The fourth-order valence-corrected chi connectivity index (χ4v) is 3.27. The van der Waals surface area contributed by atoms with E-state index < -0.39 is 0 Å². The summed E-state index contributed by atoms with van der Waals surface area (Å²) in [7, 11) is 0. The maximum absolute atomic E-state index is 12.6. The molecule has 26 heavy (non-hydrogen) atoms. The lowest BCUT2D eigenvalue weighted by molar-refractivity contribution is -0.377. The number of piperazine rings is 1. The number of H-pyrrole nitrogens is 1. The van der Waals surface area contributed by atoms with Crippen molar-refractivity contribution in [2.75, 3.05) is 31.1 Å². The predicted molar refractivity (Wildman–Crippen MR) is 97.8 cm³/mol. The van der Waals surface area contributed by atoms with E-state index in [1.807, 2.05) is 35.5 Å². The topological polar surface area (TPSA) is 72.6 Å². The predicted octanol–water partition coefficient (Wildman–Crippen LogP) is 0.559. The monoisotopic (exact) mass is 350 g/mol. The molecule has 0 saturated carbocycles. The van der Waals surface area contributed by atoms with Crippen molar-refractivity contribution < 1.29 is 9.78 Å². The Labute approximate surface area is 150 Å². The van der Waals surface area contributed by atoms with E-state index in [-0.39, 0.29) is 18.0 Å². The number of carbonyl (C=O) groups is 1. The molecule has 0 bridgehead atoms. The van der Waals surface area contributed by atoms with Crippen molar-refractivity contribution in [3.63, 3.8) is 0 Å². The van der Waals surface area contributed by atoms with Crippen molar-refractivity contribution in [2.45, 2.75) is 6.54 Å². The highest BCUT2D eigenvalue weighted by Crippen LogP contribution is 2.14. The molecular weight excluding hydrogens is 330 g/mol. The van der Waals surface area contributed by atoms with Gasteiger partial charge in [-0.25, -0.2) is 9.97 Å². The first kappa shape index (κ1) is 16.3.